The third-order valence-electron chi connectivity index (χ3n) is 2.89. The maximum absolute atomic E-state index is 12.0. The van der Waals surface area contributed by atoms with Crippen molar-refractivity contribution in [1.82, 2.24) is 0 Å². The predicted octanol–water partition coefficient (Wildman–Crippen LogP) is 3.38. The third kappa shape index (κ3) is 3.76. The van der Waals surface area contributed by atoms with Crippen molar-refractivity contribution in [3.05, 3.63) is 29.8 Å². The third-order valence-corrected chi connectivity index (χ3v) is 2.89. The first kappa shape index (κ1) is 14.6. The maximum atomic E-state index is 12.0. The topological polar surface area (TPSA) is 38.3 Å². The highest BCUT2D eigenvalue weighted by molar-refractivity contribution is 5.84. The number of rotatable bonds is 5. The Balaban J connectivity index is 2.94. The molecule has 18 heavy (non-hydrogen) atoms. The van der Waals surface area contributed by atoms with E-state index in [2.05, 4.69) is 19.2 Å². The summed E-state index contributed by atoms with van der Waals surface area (Å²) in [6, 6.07) is 8.00. The summed E-state index contributed by atoms with van der Waals surface area (Å²) in [7, 11) is 1.43. The Hall–Kier alpha value is -1.51. The number of carbonyl (C=O) groups is 1. The van der Waals surface area contributed by atoms with Gasteiger partial charge in [0.15, 0.2) is 0 Å². The van der Waals surface area contributed by atoms with Gasteiger partial charge >= 0.3 is 5.97 Å². The lowest BCUT2D eigenvalue weighted by atomic mass is 9.90. The largest absolute Gasteiger partial charge is 0.467 e. The second kappa shape index (κ2) is 5.89. The number of methoxy groups -OCH3 is 1. The molecule has 0 saturated carbocycles. The fourth-order valence-corrected chi connectivity index (χ4v) is 2.27. The van der Waals surface area contributed by atoms with E-state index >= 15 is 0 Å². The number of ether oxygens (including phenoxy) is 1. The molecule has 0 saturated heterocycles. The van der Waals surface area contributed by atoms with Gasteiger partial charge < -0.3 is 10.1 Å². The zero-order valence-electron chi connectivity index (χ0n) is 11.9. The quantitative estimate of drug-likeness (QED) is 0.813. The molecule has 100 valence electrons. The Morgan fingerprint density at radius 3 is 2.61 bits per heavy atom. The SMILES string of the molecule is COC(=O)C(C)(CC(C)C)Nc1cccc(C)c1. The molecule has 3 heteroatoms. The highest BCUT2D eigenvalue weighted by Gasteiger charge is 2.34. The number of hydrogen-bond donors (Lipinski definition) is 1. The minimum Gasteiger partial charge on any atom is -0.467 e. The van der Waals surface area contributed by atoms with E-state index in [-0.39, 0.29) is 5.97 Å². The number of nitrogens with one attached hydrogen (secondary N) is 1. The summed E-state index contributed by atoms with van der Waals surface area (Å²) < 4.78 is 4.92. The van der Waals surface area contributed by atoms with Gasteiger partial charge in [-0.3, -0.25) is 0 Å². The summed E-state index contributed by atoms with van der Waals surface area (Å²) in [6.07, 6.45) is 0.730. The lowest BCUT2D eigenvalue weighted by Crippen LogP contribution is -2.45. The molecule has 1 aromatic carbocycles. The summed E-state index contributed by atoms with van der Waals surface area (Å²) in [6.45, 7) is 8.11. The molecule has 1 unspecified atom stereocenters. The average Bonchev–Trinajstić information content (AvgIpc) is 2.26. The van der Waals surface area contributed by atoms with E-state index in [0.717, 1.165) is 17.7 Å². The molecule has 0 amide bonds. The van der Waals surface area contributed by atoms with Crippen LogP contribution in [0.4, 0.5) is 5.69 Å². The van der Waals surface area contributed by atoms with E-state index in [1.54, 1.807) is 0 Å². The first-order valence-corrected chi connectivity index (χ1v) is 6.30. The highest BCUT2D eigenvalue weighted by atomic mass is 16.5. The van der Waals surface area contributed by atoms with Crippen LogP contribution in [0.2, 0.25) is 0 Å². The van der Waals surface area contributed by atoms with Gasteiger partial charge in [-0.1, -0.05) is 26.0 Å². The van der Waals surface area contributed by atoms with Gasteiger partial charge in [-0.05, 0) is 43.9 Å². The second-order valence-corrected chi connectivity index (χ2v) is 5.42. The summed E-state index contributed by atoms with van der Waals surface area (Å²) in [5.41, 5.74) is 1.43. The van der Waals surface area contributed by atoms with Gasteiger partial charge in [0.05, 0.1) is 7.11 Å². The van der Waals surface area contributed by atoms with Crippen LogP contribution in [0.25, 0.3) is 0 Å². The summed E-state index contributed by atoms with van der Waals surface area (Å²) in [5, 5.41) is 3.30. The van der Waals surface area contributed by atoms with Crippen LogP contribution in [0, 0.1) is 12.8 Å². The second-order valence-electron chi connectivity index (χ2n) is 5.42. The number of hydrogen-bond acceptors (Lipinski definition) is 3. The number of carbonyl (C=O) groups excluding carboxylic acids is 1. The van der Waals surface area contributed by atoms with Crippen molar-refractivity contribution in [3.8, 4) is 0 Å². The van der Waals surface area contributed by atoms with Crippen molar-refractivity contribution < 1.29 is 9.53 Å². The molecule has 0 heterocycles. The lowest BCUT2D eigenvalue weighted by Gasteiger charge is -2.30. The highest BCUT2D eigenvalue weighted by Crippen LogP contribution is 2.24. The van der Waals surface area contributed by atoms with Crippen molar-refractivity contribution in [1.29, 1.82) is 0 Å². The van der Waals surface area contributed by atoms with E-state index in [1.165, 1.54) is 7.11 Å². The summed E-state index contributed by atoms with van der Waals surface area (Å²) in [4.78, 5) is 12.0. The molecule has 0 bridgehead atoms. The van der Waals surface area contributed by atoms with Crippen LogP contribution in [-0.4, -0.2) is 18.6 Å². The van der Waals surface area contributed by atoms with E-state index < -0.39 is 5.54 Å². The van der Waals surface area contributed by atoms with Crippen molar-refractivity contribution in [2.75, 3.05) is 12.4 Å². The van der Waals surface area contributed by atoms with Crippen LogP contribution in [0.1, 0.15) is 32.8 Å². The molecule has 1 N–H and O–H groups in total. The molecular formula is C15H23NO2. The van der Waals surface area contributed by atoms with Gasteiger partial charge in [-0.25, -0.2) is 4.79 Å². The Labute approximate surface area is 110 Å². The Bertz CT molecular complexity index is 415. The number of aryl methyl sites for hydroxylation is 1. The molecule has 0 aromatic heterocycles. The minimum atomic E-state index is -0.684. The van der Waals surface area contributed by atoms with Crippen LogP contribution in [0.5, 0.6) is 0 Å². The van der Waals surface area contributed by atoms with Crippen LogP contribution in [-0.2, 0) is 9.53 Å². The van der Waals surface area contributed by atoms with Crippen molar-refractivity contribution in [2.24, 2.45) is 5.92 Å². The fourth-order valence-electron chi connectivity index (χ4n) is 2.27. The molecule has 1 rings (SSSR count). The molecule has 0 spiro atoms. The molecule has 0 aliphatic carbocycles. The molecule has 0 fully saturated rings. The van der Waals surface area contributed by atoms with Gasteiger partial charge in [0, 0.05) is 5.69 Å². The predicted molar refractivity (Wildman–Crippen MR) is 74.7 cm³/mol. The normalized spacial score (nSPS) is 14.1. The van der Waals surface area contributed by atoms with Gasteiger partial charge in [-0.2, -0.15) is 0 Å². The maximum Gasteiger partial charge on any atom is 0.331 e. The Kier molecular flexibility index (Phi) is 4.76. The van der Waals surface area contributed by atoms with Gasteiger partial charge in [0.25, 0.3) is 0 Å². The molecular weight excluding hydrogens is 226 g/mol. The molecule has 1 atom stereocenters. The molecule has 0 radical (unpaired) electrons. The minimum absolute atomic E-state index is 0.224. The molecule has 0 aliphatic heterocycles. The number of anilines is 1. The smallest absolute Gasteiger partial charge is 0.331 e. The summed E-state index contributed by atoms with van der Waals surface area (Å²) >= 11 is 0. The van der Waals surface area contributed by atoms with Crippen LogP contribution < -0.4 is 5.32 Å². The van der Waals surface area contributed by atoms with E-state index in [1.807, 2.05) is 38.1 Å². The van der Waals surface area contributed by atoms with Crippen molar-refractivity contribution in [3.63, 3.8) is 0 Å². The molecule has 3 nitrogen and oxygen atoms in total. The fraction of sp³-hybridized carbons (Fsp3) is 0.533. The van der Waals surface area contributed by atoms with E-state index in [9.17, 15) is 4.79 Å². The monoisotopic (exact) mass is 249 g/mol. The standard InChI is InChI=1S/C15H23NO2/c1-11(2)10-15(4,14(17)18-5)16-13-8-6-7-12(3)9-13/h6-9,11,16H,10H2,1-5H3. The molecule has 0 aliphatic rings. The van der Waals surface area contributed by atoms with Crippen molar-refractivity contribution in [2.45, 2.75) is 39.7 Å². The number of esters is 1. The van der Waals surface area contributed by atoms with Crippen LogP contribution >= 0.6 is 0 Å². The van der Waals surface area contributed by atoms with Crippen LogP contribution in [0.3, 0.4) is 0 Å². The Morgan fingerprint density at radius 2 is 2.11 bits per heavy atom. The number of benzene rings is 1. The van der Waals surface area contributed by atoms with Gasteiger partial charge in [-0.15, -0.1) is 0 Å². The summed E-state index contributed by atoms with van der Waals surface area (Å²) in [5.74, 6) is 0.184. The first-order chi connectivity index (χ1) is 8.37. The lowest BCUT2D eigenvalue weighted by molar-refractivity contribution is -0.146. The zero-order chi connectivity index (χ0) is 13.8. The van der Waals surface area contributed by atoms with E-state index in [4.69, 9.17) is 4.74 Å². The van der Waals surface area contributed by atoms with E-state index in [0.29, 0.717) is 5.92 Å². The Morgan fingerprint density at radius 1 is 1.44 bits per heavy atom. The van der Waals surface area contributed by atoms with Gasteiger partial charge in [0.2, 0.25) is 0 Å². The van der Waals surface area contributed by atoms with Gasteiger partial charge in [0.1, 0.15) is 5.54 Å². The van der Waals surface area contributed by atoms with Crippen LogP contribution in [0.15, 0.2) is 24.3 Å². The molecule has 1 aromatic rings. The van der Waals surface area contributed by atoms with Crippen molar-refractivity contribution >= 4 is 11.7 Å². The first-order valence-electron chi connectivity index (χ1n) is 6.30. The average molecular weight is 249 g/mol. The zero-order valence-corrected chi connectivity index (χ0v) is 11.9.